The highest BCUT2D eigenvalue weighted by atomic mass is 32.2. The van der Waals surface area contributed by atoms with Crippen molar-refractivity contribution in [1.82, 2.24) is 9.71 Å². The summed E-state index contributed by atoms with van der Waals surface area (Å²) < 4.78 is 37.7. The van der Waals surface area contributed by atoms with Crippen molar-refractivity contribution in [2.24, 2.45) is 5.73 Å². The van der Waals surface area contributed by atoms with Crippen LogP contribution in [0, 0.1) is 20.8 Å². The zero-order chi connectivity index (χ0) is 14.9. The van der Waals surface area contributed by atoms with Crippen molar-refractivity contribution in [3.05, 3.63) is 34.9 Å². The number of nitrogens with one attached hydrogen (secondary N) is 1. The maximum absolute atomic E-state index is 12.3. The molecule has 0 fully saturated rings. The number of aryl methyl sites for hydroxylation is 3. The van der Waals surface area contributed by atoms with Crippen molar-refractivity contribution in [2.75, 3.05) is 0 Å². The van der Waals surface area contributed by atoms with Crippen LogP contribution in [0.3, 0.4) is 0 Å². The predicted octanol–water partition coefficient (Wildman–Crippen LogP) is 1.13. The van der Waals surface area contributed by atoms with Gasteiger partial charge >= 0.3 is 0 Å². The molecule has 0 saturated heterocycles. The molecule has 2 heterocycles. The average Bonchev–Trinajstić information content (AvgIpc) is 2.90. The predicted molar refractivity (Wildman–Crippen MR) is 71.3 cm³/mol. The van der Waals surface area contributed by atoms with Crippen LogP contribution in [0.1, 0.15) is 28.7 Å². The first-order chi connectivity index (χ1) is 9.35. The molecule has 3 N–H and O–H groups in total. The topological polar surface area (TPSA) is 111 Å². The summed E-state index contributed by atoms with van der Waals surface area (Å²) in [5, 5.41) is 0. The lowest BCUT2D eigenvalue weighted by atomic mass is 10.2. The summed E-state index contributed by atoms with van der Waals surface area (Å²) in [6, 6.07) is 0. The normalized spacial score (nSPS) is 12.0. The maximum Gasteiger partial charge on any atom is 0.244 e. The Balaban J connectivity index is 2.27. The fourth-order valence-corrected chi connectivity index (χ4v) is 3.44. The van der Waals surface area contributed by atoms with Gasteiger partial charge in [-0.05, 0) is 20.8 Å². The minimum Gasteiger partial charge on any atom is -0.465 e. The van der Waals surface area contributed by atoms with E-state index in [2.05, 4.69) is 9.71 Å². The van der Waals surface area contributed by atoms with Gasteiger partial charge in [0.1, 0.15) is 22.2 Å². The van der Waals surface area contributed by atoms with Gasteiger partial charge in [-0.1, -0.05) is 0 Å². The summed E-state index contributed by atoms with van der Waals surface area (Å²) in [6.07, 6.45) is 1.53. The van der Waals surface area contributed by atoms with Crippen LogP contribution in [0.2, 0.25) is 0 Å². The van der Waals surface area contributed by atoms with E-state index < -0.39 is 10.0 Å². The van der Waals surface area contributed by atoms with Gasteiger partial charge in [-0.2, -0.15) is 0 Å². The molecule has 0 aliphatic heterocycles. The van der Waals surface area contributed by atoms with Crippen LogP contribution < -0.4 is 10.5 Å². The number of hydrogen-bond acceptors (Lipinski definition) is 6. The van der Waals surface area contributed by atoms with Gasteiger partial charge in [-0.15, -0.1) is 0 Å². The fourth-order valence-electron chi connectivity index (χ4n) is 2.01. The van der Waals surface area contributed by atoms with Gasteiger partial charge in [0.15, 0.2) is 0 Å². The van der Waals surface area contributed by atoms with Gasteiger partial charge < -0.3 is 14.6 Å². The van der Waals surface area contributed by atoms with Crippen LogP contribution in [-0.2, 0) is 23.1 Å². The van der Waals surface area contributed by atoms with E-state index in [1.807, 2.05) is 0 Å². The van der Waals surface area contributed by atoms with Crippen LogP contribution in [0.15, 0.2) is 19.9 Å². The monoisotopic (exact) mass is 299 g/mol. The molecule has 0 unspecified atom stereocenters. The van der Waals surface area contributed by atoms with Crippen LogP contribution in [0.4, 0.5) is 0 Å². The molecule has 2 aromatic rings. The van der Waals surface area contributed by atoms with Gasteiger partial charge in [-0.3, -0.25) is 0 Å². The lowest BCUT2D eigenvalue weighted by Gasteiger charge is -2.06. The van der Waals surface area contributed by atoms with E-state index in [0.717, 1.165) is 0 Å². The Kier molecular flexibility index (Phi) is 3.98. The lowest BCUT2D eigenvalue weighted by molar-refractivity contribution is 0.462. The molecule has 110 valence electrons. The van der Waals surface area contributed by atoms with E-state index in [-0.39, 0.29) is 18.0 Å². The Morgan fingerprint density at radius 1 is 1.25 bits per heavy atom. The summed E-state index contributed by atoms with van der Waals surface area (Å²) in [5.74, 6) is 1.76. The molecular formula is C12H17N3O4S. The Labute approximate surface area is 117 Å². The summed E-state index contributed by atoms with van der Waals surface area (Å²) in [5.41, 5.74) is 6.07. The third-order valence-electron chi connectivity index (χ3n) is 2.88. The molecule has 8 heteroatoms. The van der Waals surface area contributed by atoms with Gasteiger partial charge in [0.05, 0.1) is 12.7 Å². The number of rotatable bonds is 5. The molecule has 0 spiro atoms. The van der Waals surface area contributed by atoms with E-state index in [9.17, 15) is 8.42 Å². The van der Waals surface area contributed by atoms with Crippen molar-refractivity contribution in [3.8, 4) is 0 Å². The van der Waals surface area contributed by atoms with E-state index in [1.54, 1.807) is 20.8 Å². The van der Waals surface area contributed by atoms with Crippen molar-refractivity contribution in [3.63, 3.8) is 0 Å². The van der Waals surface area contributed by atoms with Crippen molar-refractivity contribution in [2.45, 2.75) is 38.8 Å². The maximum atomic E-state index is 12.3. The largest absolute Gasteiger partial charge is 0.465 e. The van der Waals surface area contributed by atoms with Gasteiger partial charge in [0.25, 0.3) is 0 Å². The second kappa shape index (κ2) is 5.39. The standard InChI is InChI=1S/C12H17N3O4S/c1-7-5-14-11(18-7)6-15-20(16,17)12-9(3)19-8(2)10(12)4-13/h5,15H,4,6,13H2,1-3H3. The lowest BCUT2D eigenvalue weighted by Crippen LogP contribution is -2.25. The van der Waals surface area contributed by atoms with Crippen molar-refractivity contribution in [1.29, 1.82) is 0 Å². The molecule has 0 radical (unpaired) electrons. The molecule has 0 atom stereocenters. The Hall–Kier alpha value is -1.64. The van der Waals surface area contributed by atoms with E-state index in [1.165, 1.54) is 6.20 Å². The van der Waals surface area contributed by atoms with Crippen LogP contribution in [0.25, 0.3) is 0 Å². The third-order valence-corrected chi connectivity index (χ3v) is 4.48. The summed E-state index contributed by atoms with van der Waals surface area (Å²) in [4.78, 5) is 4.04. The Morgan fingerprint density at radius 2 is 1.95 bits per heavy atom. The molecule has 0 aromatic carbocycles. The average molecular weight is 299 g/mol. The first-order valence-electron chi connectivity index (χ1n) is 6.05. The molecule has 0 amide bonds. The summed E-state index contributed by atoms with van der Waals surface area (Å²) in [7, 11) is -3.73. The second-order valence-corrected chi connectivity index (χ2v) is 6.12. The smallest absolute Gasteiger partial charge is 0.244 e. The number of hydrogen-bond donors (Lipinski definition) is 2. The van der Waals surface area contributed by atoms with Crippen molar-refractivity contribution < 1.29 is 17.3 Å². The highest BCUT2D eigenvalue weighted by Crippen LogP contribution is 2.26. The van der Waals surface area contributed by atoms with E-state index >= 15 is 0 Å². The van der Waals surface area contributed by atoms with Crippen LogP contribution in [-0.4, -0.2) is 13.4 Å². The molecule has 20 heavy (non-hydrogen) atoms. The Bertz CT molecular complexity index is 715. The SMILES string of the molecule is Cc1cnc(CNS(=O)(=O)c2c(C)oc(C)c2CN)o1. The quantitative estimate of drug-likeness (QED) is 0.856. The number of oxazole rings is 1. The van der Waals surface area contributed by atoms with Crippen LogP contribution in [0.5, 0.6) is 0 Å². The molecule has 0 aliphatic rings. The van der Waals surface area contributed by atoms with E-state index in [4.69, 9.17) is 14.6 Å². The van der Waals surface area contributed by atoms with Gasteiger partial charge in [-0.25, -0.2) is 18.1 Å². The first kappa shape index (κ1) is 14.8. The number of nitrogens with zero attached hydrogens (tertiary/aromatic N) is 1. The molecule has 0 saturated carbocycles. The molecular weight excluding hydrogens is 282 g/mol. The summed E-state index contributed by atoms with van der Waals surface area (Å²) in [6.45, 7) is 5.09. The summed E-state index contributed by atoms with van der Waals surface area (Å²) >= 11 is 0. The number of sulfonamides is 1. The van der Waals surface area contributed by atoms with Gasteiger partial charge in [0.2, 0.25) is 15.9 Å². The third kappa shape index (κ3) is 2.77. The molecule has 2 rings (SSSR count). The highest BCUT2D eigenvalue weighted by Gasteiger charge is 2.26. The molecule has 7 nitrogen and oxygen atoms in total. The molecule has 0 bridgehead atoms. The van der Waals surface area contributed by atoms with E-state index in [0.29, 0.717) is 28.7 Å². The minimum absolute atomic E-state index is 0.0240. The van der Waals surface area contributed by atoms with Crippen molar-refractivity contribution >= 4 is 10.0 Å². The molecule has 0 aliphatic carbocycles. The zero-order valence-electron chi connectivity index (χ0n) is 11.6. The first-order valence-corrected chi connectivity index (χ1v) is 7.53. The highest BCUT2D eigenvalue weighted by molar-refractivity contribution is 7.89. The minimum atomic E-state index is -3.73. The number of furan rings is 1. The zero-order valence-corrected chi connectivity index (χ0v) is 12.4. The number of aromatic nitrogens is 1. The Morgan fingerprint density at radius 3 is 2.50 bits per heavy atom. The molecule has 2 aromatic heterocycles. The van der Waals surface area contributed by atoms with Crippen LogP contribution >= 0.6 is 0 Å². The second-order valence-electron chi connectivity index (χ2n) is 4.42. The van der Waals surface area contributed by atoms with Gasteiger partial charge in [0, 0.05) is 12.1 Å². The fraction of sp³-hybridized carbons (Fsp3) is 0.417. The number of nitrogens with two attached hydrogens (primary N) is 1.